The molecule has 2 aromatic heterocycles. The van der Waals surface area contributed by atoms with Crippen LogP contribution in [0.15, 0.2) is 6.33 Å². The van der Waals surface area contributed by atoms with E-state index in [1.807, 2.05) is 18.8 Å². The lowest BCUT2D eigenvalue weighted by atomic mass is 10.4. The third-order valence-electron chi connectivity index (χ3n) is 2.80. The normalized spacial score (nSPS) is 16.4. The Balaban J connectivity index is 2.08. The van der Waals surface area contributed by atoms with Gasteiger partial charge >= 0.3 is 0 Å². The Morgan fingerprint density at radius 1 is 1.35 bits per heavy atom. The maximum absolute atomic E-state index is 4.54. The highest BCUT2D eigenvalue weighted by Crippen LogP contribution is 2.24. The summed E-state index contributed by atoms with van der Waals surface area (Å²) < 4.78 is 0. The maximum atomic E-state index is 4.54. The van der Waals surface area contributed by atoms with Gasteiger partial charge in [-0.1, -0.05) is 0 Å². The number of rotatable bonds is 2. The van der Waals surface area contributed by atoms with Crippen LogP contribution < -0.4 is 10.2 Å². The number of imidazole rings is 1. The number of hydrogen-bond donors (Lipinski definition) is 2. The Morgan fingerprint density at radius 2 is 2.18 bits per heavy atom. The lowest BCUT2D eigenvalue weighted by molar-refractivity contribution is 0.841. The van der Waals surface area contributed by atoms with Gasteiger partial charge in [-0.3, -0.25) is 0 Å². The van der Waals surface area contributed by atoms with Gasteiger partial charge in [0.25, 0.3) is 0 Å². The van der Waals surface area contributed by atoms with Crippen LogP contribution in [0, 0.1) is 0 Å². The minimum atomic E-state index is 0.623. The van der Waals surface area contributed by atoms with Crippen LogP contribution in [-0.4, -0.2) is 51.6 Å². The number of fused-ring (bicyclic) bond motifs is 1. The predicted molar refractivity (Wildman–Crippen MR) is 70.8 cm³/mol. The van der Waals surface area contributed by atoms with Crippen molar-refractivity contribution in [2.75, 3.05) is 41.9 Å². The van der Waals surface area contributed by atoms with Gasteiger partial charge in [-0.25, -0.2) is 4.98 Å². The van der Waals surface area contributed by atoms with Gasteiger partial charge in [0, 0.05) is 31.6 Å². The Morgan fingerprint density at radius 3 is 2.94 bits per heavy atom. The number of aromatic nitrogens is 4. The van der Waals surface area contributed by atoms with Crippen molar-refractivity contribution in [2.24, 2.45) is 0 Å². The fourth-order valence-corrected chi connectivity index (χ4v) is 2.84. The molecule has 1 saturated heterocycles. The zero-order valence-electron chi connectivity index (χ0n) is 9.60. The molecule has 0 spiro atoms. The average Bonchev–Trinajstić information content (AvgIpc) is 2.86. The molecule has 1 aliphatic heterocycles. The molecule has 2 N–H and O–H groups in total. The minimum Gasteiger partial charge on any atom is -0.357 e. The van der Waals surface area contributed by atoms with E-state index in [0.29, 0.717) is 5.95 Å². The maximum Gasteiger partial charge on any atom is 0.226 e. The van der Waals surface area contributed by atoms with Gasteiger partial charge in [-0.05, 0) is 0 Å². The molecular weight excluding hydrogens is 236 g/mol. The van der Waals surface area contributed by atoms with Crippen LogP contribution >= 0.6 is 11.8 Å². The fourth-order valence-electron chi connectivity index (χ4n) is 1.93. The number of nitrogens with one attached hydrogen (secondary N) is 2. The van der Waals surface area contributed by atoms with Gasteiger partial charge < -0.3 is 15.2 Å². The van der Waals surface area contributed by atoms with Crippen LogP contribution in [0.25, 0.3) is 11.2 Å². The van der Waals surface area contributed by atoms with Gasteiger partial charge in [0.15, 0.2) is 11.5 Å². The first-order valence-corrected chi connectivity index (χ1v) is 6.75. The number of nitrogens with zero attached hydrogens (tertiary/aromatic N) is 4. The smallest absolute Gasteiger partial charge is 0.226 e. The van der Waals surface area contributed by atoms with Crippen molar-refractivity contribution in [3.8, 4) is 0 Å². The van der Waals surface area contributed by atoms with Crippen LogP contribution in [-0.2, 0) is 0 Å². The first-order chi connectivity index (χ1) is 8.38. The Bertz CT molecular complexity index is 518. The fraction of sp³-hybridized carbons (Fsp3) is 0.500. The molecule has 3 heterocycles. The van der Waals surface area contributed by atoms with E-state index < -0.39 is 0 Å². The van der Waals surface area contributed by atoms with Gasteiger partial charge in [-0.2, -0.15) is 21.7 Å². The summed E-state index contributed by atoms with van der Waals surface area (Å²) in [5, 5.41) is 2.98. The number of thioether (sulfide) groups is 1. The molecule has 0 atom stereocenters. The standard InChI is InChI=1S/C10H14N6S/c1-11-10-14-8-7(12-6-13-8)9(15-10)16-2-4-17-5-3-16/h6H,2-5H2,1H3,(H2,11,12,13,14,15). The Hall–Kier alpha value is -1.50. The summed E-state index contributed by atoms with van der Waals surface area (Å²) in [6.45, 7) is 2.05. The number of H-pyrrole nitrogens is 1. The van der Waals surface area contributed by atoms with Crippen molar-refractivity contribution in [1.82, 2.24) is 19.9 Å². The summed E-state index contributed by atoms with van der Waals surface area (Å²) in [6.07, 6.45) is 1.67. The van der Waals surface area contributed by atoms with E-state index in [1.54, 1.807) is 6.33 Å². The van der Waals surface area contributed by atoms with Crippen LogP contribution in [0.4, 0.5) is 11.8 Å². The second-order valence-corrected chi connectivity index (χ2v) is 5.05. The van der Waals surface area contributed by atoms with Crippen molar-refractivity contribution < 1.29 is 0 Å². The molecule has 1 fully saturated rings. The van der Waals surface area contributed by atoms with E-state index in [9.17, 15) is 0 Å². The molecule has 6 nitrogen and oxygen atoms in total. The van der Waals surface area contributed by atoms with Crippen molar-refractivity contribution in [2.45, 2.75) is 0 Å². The third-order valence-corrected chi connectivity index (χ3v) is 3.74. The zero-order valence-corrected chi connectivity index (χ0v) is 10.4. The molecule has 17 heavy (non-hydrogen) atoms. The number of aromatic amines is 1. The van der Waals surface area contributed by atoms with Crippen molar-refractivity contribution >= 4 is 34.7 Å². The zero-order chi connectivity index (χ0) is 11.7. The van der Waals surface area contributed by atoms with Crippen molar-refractivity contribution in [3.63, 3.8) is 0 Å². The van der Waals surface area contributed by atoms with E-state index in [1.165, 1.54) is 0 Å². The average molecular weight is 250 g/mol. The molecule has 1 aliphatic rings. The summed E-state index contributed by atoms with van der Waals surface area (Å²) in [7, 11) is 1.82. The largest absolute Gasteiger partial charge is 0.357 e. The topological polar surface area (TPSA) is 69.7 Å². The van der Waals surface area contributed by atoms with E-state index in [4.69, 9.17) is 0 Å². The van der Waals surface area contributed by atoms with Crippen molar-refractivity contribution in [3.05, 3.63) is 6.33 Å². The lowest BCUT2D eigenvalue weighted by Crippen LogP contribution is -2.33. The molecule has 0 aromatic carbocycles. The van der Waals surface area contributed by atoms with Gasteiger partial charge in [0.2, 0.25) is 5.95 Å². The molecule has 0 saturated carbocycles. The van der Waals surface area contributed by atoms with Gasteiger partial charge in [-0.15, -0.1) is 0 Å². The summed E-state index contributed by atoms with van der Waals surface area (Å²) in [6, 6.07) is 0. The molecule has 0 aliphatic carbocycles. The third kappa shape index (κ3) is 1.90. The van der Waals surface area contributed by atoms with Crippen LogP contribution in [0.1, 0.15) is 0 Å². The molecule has 0 bridgehead atoms. The summed E-state index contributed by atoms with van der Waals surface area (Å²) in [5.41, 5.74) is 1.65. The van der Waals surface area contributed by atoms with E-state index >= 15 is 0 Å². The van der Waals surface area contributed by atoms with Gasteiger partial charge in [0.1, 0.15) is 5.52 Å². The number of anilines is 2. The van der Waals surface area contributed by atoms with Crippen LogP contribution in [0.5, 0.6) is 0 Å². The summed E-state index contributed by atoms with van der Waals surface area (Å²) in [4.78, 5) is 18.5. The molecule has 2 aromatic rings. The van der Waals surface area contributed by atoms with E-state index in [0.717, 1.165) is 41.6 Å². The SMILES string of the molecule is CNc1nc(N2CCSCC2)c2[nH]cnc2n1. The molecule has 3 rings (SSSR count). The lowest BCUT2D eigenvalue weighted by Gasteiger charge is -2.27. The molecule has 0 unspecified atom stereocenters. The van der Waals surface area contributed by atoms with Crippen LogP contribution in [0.3, 0.4) is 0 Å². The monoisotopic (exact) mass is 250 g/mol. The van der Waals surface area contributed by atoms with Crippen LogP contribution in [0.2, 0.25) is 0 Å². The Kier molecular flexibility index (Phi) is 2.76. The number of hydrogen-bond acceptors (Lipinski definition) is 6. The molecule has 0 amide bonds. The quantitative estimate of drug-likeness (QED) is 0.827. The molecular formula is C10H14N6S. The second kappa shape index (κ2) is 4.40. The highest BCUT2D eigenvalue weighted by Gasteiger charge is 2.18. The highest BCUT2D eigenvalue weighted by atomic mass is 32.2. The molecule has 7 heteroatoms. The van der Waals surface area contributed by atoms with Gasteiger partial charge in [0.05, 0.1) is 6.33 Å². The first-order valence-electron chi connectivity index (χ1n) is 5.60. The van der Waals surface area contributed by atoms with Crippen molar-refractivity contribution in [1.29, 1.82) is 0 Å². The highest BCUT2D eigenvalue weighted by molar-refractivity contribution is 7.99. The van der Waals surface area contributed by atoms with E-state index in [2.05, 4.69) is 30.2 Å². The molecule has 90 valence electrons. The van der Waals surface area contributed by atoms with E-state index in [-0.39, 0.29) is 0 Å². The second-order valence-electron chi connectivity index (χ2n) is 3.82. The first kappa shape index (κ1) is 10.6. The summed E-state index contributed by atoms with van der Waals surface area (Å²) >= 11 is 1.98. The minimum absolute atomic E-state index is 0.623. The molecule has 0 radical (unpaired) electrons. The predicted octanol–water partition coefficient (Wildman–Crippen LogP) is 0.948. The summed E-state index contributed by atoms with van der Waals surface area (Å²) in [5.74, 6) is 3.87. The Labute approximate surface area is 103 Å².